The van der Waals surface area contributed by atoms with E-state index < -0.39 is 12.2 Å². The quantitative estimate of drug-likeness (QED) is 0.252. The van der Waals surface area contributed by atoms with Crippen LogP contribution in [0, 0.1) is 36.0 Å². The summed E-state index contributed by atoms with van der Waals surface area (Å²) >= 11 is 1.59. The molecule has 198 valence electrons. The molecule has 0 aromatic carbocycles. The maximum atomic E-state index is 12.7. The van der Waals surface area contributed by atoms with E-state index in [-0.39, 0.29) is 35.7 Å². The lowest BCUT2D eigenvalue weighted by Crippen LogP contribution is -2.31. The molecule has 1 unspecified atom stereocenters. The SMILES string of the molecule is C/C(=C\c1csc(C)n1)[C@H](CC1C[C@H]1CCC[C@H](C)[C@H](O)[C@@H](C)C=O)OC(=O)C[C@H](O)C(C)(C)C. The molecule has 1 heterocycles. The summed E-state index contributed by atoms with van der Waals surface area (Å²) in [4.78, 5) is 28.1. The van der Waals surface area contributed by atoms with Gasteiger partial charge in [-0.15, -0.1) is 11.3 Å². The van der Waals surface area contributed by atoms with Crippen molar-refractivity contribution in [1.29, 1.82) is 0 Å². The van der Waals surface area contributed by atoms with Gasteiger partial charge in [0.15, 0.2) is 0 Å². The highest BCUT2D eigenvalue weighted by molar-refractivity contribution is 7.09. The minimum atomic E-state index is -0.755. The molecule has 7 heteroatoms. The molecule has 2 N–H and O–H groups in total. The van der Waals surface area contributed by atoms with Crippen molar-refractivity contribution in [2.75, 3.05) is 0 Å². The van der Waals surface area contributed by atoms with Gasteiger partial charge >= 0.3 is 5.97 Å². The molecule has 0 radical (unpaired) electrons. The Hall–Kier alpha value is -1.57. The van der Waals surface area contributed by atoms with Crippen LogP contribution in [0.2, 0.25) is 0 Å². The number of hydrogen-bond acceptors (Lipinski definition) is 7. The fraction of sp³-hybridized carbons (Fsp3) is 0.750. The molecular weight excluding hydrogens is 462 g/mol. The van der Waals surface area contributed by atoms with Crippen molar-refractivity contribution in [3.05, 3.63) is 21.7 Å². The zero-order valence-electron chi connectivity index (χ0n) is 22.5. The van der Waals surface area contributed by atoms with Crippen LogP contribution in [0.3, 0.4) is 0 Å². The van der Waals surface area contributed by atoms with E-state index in [4.69, 9.17) is 4.74 Å². The second-order valence-corrected chi connectivity index (χ2v) is 12.7. The topological polar surface area (TPSA) is 96.7 Å². The molecule has 0 amide bonds. The minimum absolute atomic E-state index is 0.0173. The third-order valence-electron chi connectivity index (χ3n) is 7.31. The van der Waals surface area contributed by atoms with Crippen molar-refractivity contribution < 1.29 is 24.5 Å². The molecule has 6 nitrogen and oxygen atoms in total. The van der Waals surface area contributed by atoms with E-state index in [1.54, 1.807) is 18.3 Å². The van der Waals surface area contributed by atoms with Crippen LogP contribution in [0.25, 0.3) is 6.08 Å². The van der Waals surface area contributed by atoms with Crippen molar-refractivity contribution >= 4 is 29.7 Å². The van der Waals surface area contributed by atoms with Gasteiger partial charge in [-0.25, -0.2) is 4.98 Å². The molecule has 0 spiro atoms. The summed E-state index contributed by atoms with van der Waals surface area (Å²) in [5, 5.41) is 23.6. The fourth-order valence-corrected chi connectivity index (χ4v) is 5.04. The van der Waals surface area contributed by atoms with E-state index >= 15 is 0 Å². The minimum Gasteiger partial charge on any atom is -0.458 e. The largest absolute Gasteiger partial charge is 0.458 e. The zero-order chi connectivity index (χ0) is 26.3. The molecule has 1 aromatic rings. The maximum absolute atomic E-state index is 12.7. The molecule has 0 aliphatic heterocycles. The zero-order valence-corrected chi connectivity index (χ0v) is 23.3. The monoisotopic (exact) mass is 507 g/mol. The smallest absolute Gasteiger partial charge is 0.309 e. The van der Waals surface area contributed by atoms with E-state index in [9.17, 15) is 19.8 Å². The Bertz CT molecular complexity index is 858. The lowest BCUT2D eigenvalue weighted by Gasteiger charge is -2.26. The van der Waals surface area contributed by atoms with Crippen LogP contribution in [0.1, 0.15) is 90.8 Å². The number of thiazole rings is 1. The second kappa shape index (κ2) is 13.1. The van der Waals surface area contributed by atoms with Gasteiger partial charge < -0.3 is 19.7 Å². The van der Waals surface area contributed by atoms with Crippen LogP contribution >= 0.6 is 11.3 Å². The first kappa shape index (κ1) is 29.7. The number of carbonyl (C=O) groups excluding carboxylic acids is 2. The van der Waals surface area contributed by atoms with Crippen molar-refractivity contribution in [3.8, 4) is 0 Å². The summed E-state index contributed by atoms with van der Waals surface area (Å²) in [6, 6.07) is 0. The normalized spacial score (nSPS) is 22.7. The number of rotatable bonds is 14. The third kappa shape index (κ3) is 9.77. The summed E-state index contributed by atoms with van der Waals surface area (Å²) in [7, 11) is 0. The van der Waals surface area contributed by atoms with Crippen LogP contribution in [0.4, 0.5) is 0 Å². The first-order valence-electron chi connectivity index (χ1n) is 12.9. The van der Waals surface area contributed by atoms with Crippen molar-refractivity contribution in [1.82, 2.24) is 4.98 Å². The lowest BCUT2D eigenvalue weighted by atomic mass is 9.87. The van der Waals surface area contributed by atoms with Crippen molar-refractivity contribution in [2.24, 2.45) is 29.1 Å². The van der Waals surface area contributed by atoms with Gasteiger partial charge in [-0.05, 0) is 67.9 Å². The molecule has 1 aliphatic carbocycles. The van der Waals surface area contributed by atoms with Gasteiger partial charge in [-0.2, -0.15) is 0 Å². The molecule has 1 saturated carbocycles. The molecule has 0 bridgehead atoms. The number of aliphatic hydroxyl groups excluding tert-OH is 2. The first-order chi connectivity index (χ1) is 16.3. The molecule has 35 heavy (non-hydrogen) atoms. The molecule has 1 aliphatic rings. The van der Waals surface area contributed by atoms with Gasteiger partial charge in [0, 0.05) is 11.3 Å². The van der Waals surface area contributed by atoms with E-state index in [2.05, 4.69) is 4.98 Å². The molecule has 2 rings (SSSR count). The Morgan fingerprint density at radius 3 is 2.54 bits per heavy atom. The third-order valence-corrected chi connectivity index (χ3v) is 8.10. The standard InChI is InChI=1S/C28H45NO5S/c1-17(27(33)19(3)15-30)9-8-10-21-12-22(21)13-24(18(2)11-23-16-35-20(4)29-23)34-26(32)14-25(31)28(5,6)7/h11,15-17,19,21-22,24-25,27,31,33H,8-10,12-14H2,1-7H3/b18-11+/t17-,19-,21+,22?,24-,25-,27-/m0/s1. The van der Waals surface area contributed by atoms with Gasteiger partial charge in [0.25, 0.3) is 0 Å². The summed E-state index contributed by atoms with van der Waals surface area (Å²) in [6.07, 6.45) is 6.00. The van der Waals surface area contributed by atoms with Crippen LogP contribution in [-0.4, -0.2) is 45.8 Å². The summed E-state index contributed by atoms with van der Waals surface area (Å²) in [5.74, 6) is 0.488. The fourth-order valence-electron chi connectivity index (χ4n) is 4.47. The van der Waals surface area contributed by atoms with Crippen LogP contribution in [0.5, 0.6) is 0 Å². The van der Waals surface area contributed by atoms with Gasteiger partial charge in [0.1, 0.15) is 12.4 Å². The number of hydrogen-bond donors (Lipinski definition) is 2. The average Bonchev–Trinajstić information content (AvgIpc) is 3.39. The van der Waals surface area contributed by atoms with E-state index in [0.717, 1.165) is 54.7 Å². The summed E-state index contributed by atoms with van der Waals surface area (Å²) in [6.45, 7) is 13.4. The molecule has 1 fully saturated rings. The predicted molar refractivity (Wildman–Crippen MR) is 141 cm³/mol. The van der Waals surface area contributed by atoms with Gasteiger partial charge in [-0.1, -0.05) is 47.5 Å². The number of carbonyl (C=O) groups is 2. The Kier molecular flexibility index (Phi) is 11.1. The Morgan fingerprint density at radius 1 is 1.29 bits per heavy atom. The number of aliphatic hydroxyl groups is 2. The van der Waals surface area contributed by atoms with E-state index in [0.29, 0.717) is 11.8 Å². The highest BCUT2D eigenvalue weighted by Crippen LogP contribution is 2.47. The van der Waals surface area contributed by atoms with E-state index in [1.807, 2.05) is 53.0 Å². The lowest BCUT2D eigenvalue weighted by molar-refractivity contribution is -0.151. The first-order valence-corrected chi connectivity index (χ1v) is 13.8. The highest BCUT2D eigenvalue weighted by atomic mass is 32.1. The number of aromatic nitrogens is 1. The number of esters is 1. The summed E-state index contributed by atoms with van der Waals surface area (Å²) in [5.41, 5.74) is 1.47. The Balaban J connectivity index is 1.94. The Morgan fingerprint density at radius 2 is 1.97 bits per heavy atom. The molecule has 1 aromatic heterocycles. The van der Waals surface area contributed by atoms with Crippen LogP contribution < -0.4 is 0 Å². The van der Waals surface area contributed by atoms with Crippen molar-refractivity contribution in [3.63, 3.8) is 0 Å². The van der Waals surface area contributed by atoms with Gasteiger partial charge in [-0.3, -0.25) is 4.79 Å². The van der Waals surface area contributed by atoms with Crippen LogP contribution in [-0.2, 0) is 14.3 Å². The predicted octanol–water partition coefficient (Wildman–Crippen LogP) is 5.59. The maximum Gasteiger partial charge on any atom is 0.309 e. The number of aldehydes is 1. The van der Waals surface area contributed by atoms with Gasteiger partial charge in [0.05, 0.1) is 29.3 Å². The number of nitrogens with zero attached hydrogens (tertiary/aromatic N) is 1. The Labute approximate surface area is 215 Å². The van der Waals surface area contributed by atoms with E-state index in [1.165, 1.54) is 0 Å². The molecule has 0 saturated heterocycles. The molecular formula is C28H45NO5S. The summed E-state index contributed by atoms with van der Waals surface area (Å²) < 4.78 is 5.91. The average molecular weight is 508 g/mol. The molecule has 7 atom stereocenters. The van der Waals surface area contributed by atoms with Crippen molar-refractivity contribution in [2.45, 2.75) is 105 Å². The number of ether oxygens (including phenoxy) is 1. The second-order valence-electron chi connectivity index (χ2n) is 11.6. The van der Waals surface area contributed by atoms with Gasteiger partial charge in [0.2, 0.25) is 0 Å². The highest BCUT2D eigenvalue weighted by Gasteiger charge is 2.39. The van der Waals surface area contributed by atoms with Crippen LogP contribution in [0.15, 0.2) is 11.0 Å². The number of aryl methyl sites for hydroxylation is 1.